The van der Waals surface area contributed by atoms with Crippen molar-refractivity contribution in [3.63, 3.8) is 0 Å². The summed E-state index contributed by atoms with van der Waals surface area (Å²) in [4.78, 5) is 10.9. The summed E-state index contributed by atoms with van der Waals surface area (Å²) in [7, 11) is 0. The van der Waals surface area contributed by atoms with Crippen molar-refractivity contribution in [2.75, 3.05) is 19.8 Å². The first-order chi connectivity index (χ1) is 7.17. The smallest absolute Gasteiger partial charge is 0.407 e. The van der Waals surface area contributed by atoms with Crippen LogP contribution in [0.1, 0.15) is 13.8 Å². The van der Waals surface area contributed by atoms with E-state index in [1.54, 1.807) is 6.92 Å². The largest absolute Gasteiger partial charge is 0.443 e. The first-order valence-electron chi connectivity index (χ1n) is 5.07. The minimum absolute atomic E-state index is 0.189. The Balaban J connectivity index is 2.28. The van der Waals surface area contributed by atoms with E-state index in [9.17, 15) is 4.79 Å². The van der Waals surface area contributed by atoms with Crippen LogP contribution in [-0.4, -0.2) is 44.3 Å². The van der Waals surface area contributed by atoms with Crippen LogP contribution < -0.4 is 11.1 Å². The fourth-order valence-corrected chi connectivity index (χ4v) is 1.38. The Bertz CT molecular complexity index is 212. The van der Waals surface area contributed by atoms with Crippen molar-refractivity contribution in [2.24, 2.45) is 5.73 Å². The molecule has 0 bridgehead atoms. The number of carbonyl (C=O) groups excluding carboxylic acids is 1. The van der Waals surface area contributed by atoms with Gasteiger partial charge in [-0.3, -0.25) is 0 Å². The lowest BCUT2D eigenvalue weighted by molar-refractivity contribution is -0.132. The predicted molar refractivity (Wildman–Crippen MR) is 53.3 cm³/mol. The summed E-state index contributed by atoms with van der Waals surface area (Å²) in [5, 5.41) is 2.63. The monoisotopic (exact) mass is 218 g/mol. The van der Waals surface area contributed by atoms with Crippen LogP contribution in [-0.2, 0) is 14.2 Å². The molecule has 6 nitrogen and oxygen atoms in total. The molecule has 1 saturated heterocycles. The Kier molecular flexibility index (Phi) is 4.80. The Hall–Kier alpha value is -0.850. The molecule has 15 heavy (non-hydrogen) atoms. The number of nitrogens with one attached hydrogen (secondary N) is 1. The van der Waals surface area contributed by atoms with Crippen molar-refractivity contribution < 1.29 is 19.0 Å². The maximum atomic E-state index is 10.9. The van der Waals surface area contributed by atoms with E-state index in [-0.39, 0.29) is 25.0 Å². The summed E-state index contributed by atoms with van der Waals surface area (Å²) in [5.41, 5.74) is 5.45. The minimum atomic E-state index is -0.442. The molecule has 0 aromatic carbocycles. The Morgan fingerprint density at radius 2 is 2.33 bits per heavy atom. The van der Waals surface area contributed by atoms with Gasteiger partial charge in [-0.2, -0.15) is 0 Å². The molecule has 1 rings (SSSR count). The van der Waals surface area contributed by atoms with E-state index in [0.29, 0.717) is 13.2 Å². The zero-order chi connectivity index (χ0) is 11.3. The van der Waals surface area contributed by atoms with Gasteiger partial charge in [0.15, 0.2) is 6.29 Å². The van der Waals surface area contributed by atoms with Crippen LogP contribution >= 0.6 is 0 Å². The Morgan fingerprint density at radius 1 is 1.60 bits per heavy atom. The van der Waals surface area contributed by atoms with Crippen molar-refractivity contribution in [2.45, 2.75) is 32.3 Å². The van der Waals surface area contributed by atoms with Crippen molar-refractivity contribution >= 4 is 6.09 Å². The molecule has 0 spiro atoms. The Labute approximate surface area is 89.0 Å². The molecule has 1 fully saturated rings. The van der Waals surface area contributed by atoms with Gasteiger partial charge in [-0.25, -0.2) is 4.79 Å². The van der Waals surface area contributed by atoms with Gasteiger partial charge in [-0.15, -0.1) is 0 Å². The van der Waals surface area contributed by atoms with Crippen LogP contribution in [0.3, 0.4) is 0 Å². The lowest BCUT2D eigenvalue weighted by Gasteiger charge is -2.18. The van der Waals surface area contributed by atoms with Crippen LogP contribution in [0.15, 0.2) is 0 Å². The van der Waals surface area contributed by atoms with Crippen LogP contribution in [0.4, 0.5) is 4.79 Å². The molecular formula is C9H18N2O4. The number of alkyl carbamates (subject to hydrolysis) is 1. The zero-order valence-electron chi connectivity index (χ0n) is 9.06. The topological polar surface area (TPSA) is 82.8 Å². The second-order valence-corrected chi connectivity index (χ2v) is 3.29. The van der Waals surface area contributed by atoms with Gasteiger partial charge in [0.2, 0.25) is 0 Å². The second kappa shape index (κ2) is 5.89. The number of ether oxygens (including phenoxy) is 3. The van der Waals surface area contributed by atoms with Gasteiger partial charge in [-0.1, -0.05) is 0 Å². The fraction of sp³-hybridized carbons (Fsp3) is 0.889. The van der Waals surface area contributed by atoms with Gasteiger partial charge in [0, 0.05) is 13.2 Å². The normalized spacial score (nSPS) is 27.3. The van der Waals surface area contributed by atoms with Gasteiger partial charge in [0.1, 0.15) is 6.10 Å². The van der Waals surface area contributed by atoms with Crippen molar-refractivity contribution in [3.05, 3.63) is 0 Å². The third-order valence-corrected chi connectivity index (χ3v) is 2.15. The highest BCUT2D eigenvalue weighted by Gasteiger charge is 2.33. The fourth-order valence-electron chi connectivity index (χ4n) is 1.38. The number of cyclic esters (lactones) is 1. The molecule has 1 unspecified atom stereocenters. The molecule has 1 heterocycles. The average Bonchev–Trinajstić information content (AvgIpc) is 2.56. The molecule has 0 aromatic heterocycles. The SMILES string of the molecule is CCOC(C)OC[C@H]1NC(=O)O[C@@H]1CN. The van der Waals surface area contributed by atoms with E-state index in [1.807, 2.05) is 6.92 Å². The third kappa shape index (κ3) is 3.65. The molecule has 0 radical (unpaired) electrons. The maximum Gasteiger partial charge on any atom is 0.407 e. The second-order valence-electron chi connectivity index (χ2n) is 3.29. The molecule has 0 aromatic rings. The Morgan fingerprint density at radius 3 is 2.93 bits per heavy atom. The van der Waals surface area contributed by atoms with Gasteiger partial charge < -0.3 is 25.3 Å². The lowest BCUT2D eigenvalue weighted by Crippen LogP contribution is -2.40. The summed E-state index contributed by atoms with van der Waals surface area (Å²) >= 11 is 0. The molecule has 1 aliphatic rings. The molecular weight excluding hydrogens is 200 g/mol. The predicted octanol–water partition coefficient (Wildman–Crippen LogP) is -0.179. The summed E-state index contributed by atoms with van der Waals surface area (Å²) in [6.07, 6.45) is -1.04. The standard InChI is InChI=1S/C9H18N2O4/c1-3-13-6(2)14-5-7-8(4-10)15-9(12)11-7/h6-8H,3-5,10H2,1-2H3,(H,11,12)/t6?,7-,8-/m1/s1. The van der Waals surface area contributed by atoms with E-state index < -0.39 is 6.09 Å². The van der Waals surface area contributed by atoms with Gasteiger partial charge in [0.05, 0.1) is 12.6 Å². The quantitative estimate of drug-likeness (QED) is 0.604. The van der Waals surface area contributed by atoms with Gasteiger partial charge in [-0.05, 0) is 13.8 Å². The molecule has 3 N–H and O–H groups in total. The van der Waals surface area contributed by atoms with Crippen LogP contribution in [0, 0.1) is 0 Å². The van der Waals surface area contributed by atoms with Gasteiger partial charge in [0.25, 0.3) is 0 Å². The highest BCUT2D eigenvalue weighted by Crippen LogP contribution is 2.09. The van der Waals surface area contributed by atoms with E-state index in [4.69, 9.17) is 19.9 Å². The summed E-state index contributed by atoms with van der Waals surface area (Å²) in [5.74, 6) is 0. The molecule has 1 amide bonds. The number of carbonyl (C=O) groups is 1. The molecule has 0 aliphatic carbocycles. The van der Waals surface area contributed by atoms with Crippen LogP contribution in [0.25, 0.3) is 0 Å². The van der Waals surface area contributed by atoms with Crippen molar-refractivity contribution in [3.8, 4) is 0 Å². The van der Waals surface area contributed by atoms with Crippen LogP contribution in [0.2, 0.25) is 0 Å². The number of rotatable bonds is 6. The van der Waals surface area contributed by atoms with E-state index in [0.717, 1.165) is 0 Å². The summed E-state index contributed by atoms with van der Waals surface area (Å²) in [6, 6.07) is -0.189. The van der Waals surface area contributed by atoms with E-state index in [1.165, 1.54) is 0 Å². The molecule has 88 valence electrons. The van der Waals surface area contributed by atoms with E-state index >= 15 is 0 Å². The third-order valence-electron chi connectivity index (χ3n) is 2.15. The van der Waals surface area contributed by atoms with E-state index in [2.05, 4.69) is 5.32 Å². The van der Waals surface area contributed by atoms with Crippen molar-refractivity contribution in [1.82, 2.24) is 5.32 Å². The van der Waals surface area contributed by atoms with Crippen molar-refractivity contribution in [1.29, 1.82) is 0 Å². The van der Waals surface area contributed by atoms with Crippen LogP contribution in [0.5, 0.6) is 0 Å². The minimum Gasteiger partial charge on any atom is -0.443 e. The highest BCUT2D eigenvalue weighted by molar-refractivity contribution is 5.70. The number of hydrogen-bond donors (Lipinski definition) is 2. The first kappa shape index (κ1) is 12.2. The zero-order valence-corrected chi connectivity index (χ0v) is 9.06. The van der Waals surface area contributed by atoms with Gasteiger partial charge >= 0.3 is 6.09 Å². The number of hydrogen-bond acceptors (Lipinski definition) is 5. The highest BCUT2D eigenvalue weighted by atomic mass is 16.7. The summed E-state index contributed by atoms with van der Waals surface area (Å²) in [6.45, 7) is 4.92. The number of nitrogens with two attached hydrogens (primary N) is 1. The maximum absolute atomic E-state index is 10.9. The first-order valence-corrected chi connectivity index (χ1v) is 5.07. The lowest BCUT2D eigenvalue weighted by atomic mass is 10.2. The molecule has 1 aliphatic heterocycles. The summed E-state index contributed by atoms with van der Waals surface area (Å²) < 4.78 is 15.5. The molecule has 0 saturated carbocycles. The average molecular weight is 218 g/mol. The number of amides is 1. The molecule has 3 atom stereocenters. The molecule has 6 heteroatoms.